The summed E-state index contributed by atoms with van der Waals surface area (Å²) in [6.07, 6.45) is 2.18. The molecule has 0 aliphatic heterocycles. The van der Waals surface area contributed by atoms with E-state index in [9.17, 15) is 4.39 Å². The Morgan fingerprint density at radius 2 is 1.83 bits per heavy atom. The summed E-state index contributed by atoms with van der Waals surface area (Å²) < 4.78 is 14.9. The first-order valence-corrected chi connectivity index (χ1v) is 7.63. The first kappa shape index (κ1) is 15.4. The molecule has 1 aromatic heterocycles. The van der Waals surface area contributed by atoms with E-state index in [1.54, 1.807) is 16.7 Å². The van der Waals surface area contributed by atoms with Gasteiger partial charge in [-0.05, 0) is 49.2 Å². The molecule has 5 heteroatoms. The van der Waals surface area contributed by atoms with Crippen molar-refractivity contribution in [3.63, 3.8) is 0 Å². The number of rotatable bonds is 5. The smallest absolute Gasteiger partial charge is 0.138 e. The zero-order valence-electron chi connectivity index (χ0n) is 12.7. The fraction of sp³-hybridized carbons (Fsp3) is 0.222. The number of benzene rings is 2. The van der Waals surface area contributed by atoms with Crippen LogP contribution in [0.25, 0.3) is 11.0 Å². The van der Waals surface area contributed by atoms with Crippen molar-refractivity contribution < 1.29 is 9.50 Å². The second kappa shape index (κ2) is 6.71. The third-order valence-corrected chi connectivity index (χ3v) is 3.78. The summed E-state index contributed by atoms with van der Waals surface area (Å²) in [4.78, 5) is 4.62. The average molecular weight is 311 g/mol. The predicted octanol–water partition coefficient (Wildman–Crippen LogP) is 3.36. The van der Waals surface area contributed by atoms with Gasteiger partial charge in [0.2, 0.25) is 0 Å². The maximum Gasteiger partial charge on any atom is 0.138 e. The second-order valence-electron chi connectivity index (χ2n) is 5.39. The molecule has 2 N–H and O–H groups in total. The lowest BCUT2D eigenvalue weighted by atomic mass is 10.2. The number of nitrogens with one attached hydrogen (secondary N) is 1. The number of nitrogens with zero attached hydrogens (tertiary/aromatic N) is 2. The Labute approximate surface area is 133 Å². The van der Waals surface area contributed by atoms with Gasteiger partial charge in [-0.3, -0.25) is 9.98 Å². The normalized spacial score (nSPS) is 11.0. The van der Waals surface area contributed by atoms with Crippen molar-refractivity contribution in [3.05, 3.63) is 65.7 Å². The summed E-state index contributed by atoms with van der Waals surface area (Å²) in [5.41, 5.74) is 2.33. The van der Waals surface area contributed by atoms with Crippen LogP contribution in [0.3, 0.4) is 0 Å². The van der Waals surface area contributed by atoms with E-state index >= 15 is 0 Å². The van der Waals surface area contributed by atoms with Crippen molar-refractivity contribution in [3.8, 4) is 0 Å². The minimum absolute atomic E-state index is 0.148. The van der Waals surface area contributed by atoms with Crippen LogP contribution in [-0.4, -0.2) is 27.1 Å². The van der Waals surface area contributed by atoms with Gasteiger partial charge in [0.25, 0.3) is 0 Å². The molecule has 0 saturated carbocycles. The number of aliphatic hydroxyl groups excluding tert-OH is 1. The molecule has 0 aliphatic rings. The molecule has 0 amide bonds. The van der Waals surface area contributed by atoms with Crippen molar-refractivity contribution >= 4 is 16.9 Å². The van der Waals surface area contributed by atoms with E-state index in [2.05, 4.69) is 4.98 Å². The highest BCUT2D eigenvalue weighted by atomic mass is 19.1. The van der Waals surface area contributed by atoms with E-state index in [1.807, 2.05) is 24.3 Å². The van der Waals surface area contributed by atoms with E-state index in [-0.39, 0.29) is 18.3 Å². The first-order chi connectivity index (χ1) is 11.2. The molecule has 1 heterocycles. The number of fused-ring (bicyclic) bond motifs is 1. The molecular weight excluding hydrogens is 293 g/mol. The number of hydrogen-bond acceptors (Lipinski definition) is 3. The van der Waals surface area contributed by atoms with Crippen LogP contribution < -0.4 is 0 Å². The molecule has 0 aliphatic carbocycles. The maximum atomic E-state index is 13.1. The standard InChI is InChI=1S/C18H18FN3O/c19-14-10-8-13(9-11-14)18(20)22-16-6-2-1-5-15(16)21-17(22)7-3-4-12-23/h1-2,5-6,8-11,20,23H,3-4,7,12H2. The largest absolute Gasteiger partial charge is 0.396 e. The number of hydrogen-bond donors (Lipinski definition) is 2. The van der Waals surface area contributed by atoms with Crippen LogP contribution >= 0.6 is 0 Å². The average Bonchev–Trinajstić information content (AvgIpc) is 2.93. The Morgan fingerprint density at radius 3 is 2.57 bits per heavy atom. The van der Waals surface area contributed by atoms with E-state index in [1.165, 1.54) is 12.1 Å². The maximum absolute atomic E-state index is 13.1. The molecule has 0 radical (unpaired) electrons. The Bertz CT molecular complexity index is 824. The summed E-state index contributed by atoms with van der Waals surface area (Å²) in [5.74, 6) is 0.742. The first-order valence-electron chi connectivity index (χ1n) is 7.63. The second-order valence-corrected chi connectivity index (χ2v) is 5.39. The molecule has 118 valence electrons. The fourth-order valence-electron chi connectivity index (χ4n) is 2.62. The van der Waals surface area contributed by atoms with Gasteiger partial charge in [0, 0.05) is 18.6 Å². The van der Waals surface area contributed by atoms with E-state index in [4.69, 9.17) is 10.5 Å². The lowest BCUT2D eigenvalue weighted by Gasteiger charge is -2.11. The number of aliphatic hydroxyl groups is 1. The molecule has 3 aromatic rings. The molecule has 0 atom stereocenters. The van der Waals surface area contributed by atoms with Gasteiger partial charge in [-0.25, -0.2) is 9.37 Å². The number of aryl methyl sites for hydroxylation is 1. The van der Waals surface area contributed by atoms with Crippen molar-refractivity contribution in [2.75, 3.05) is 6.61 Å². The summed E-state index contributed by atoms with van der Waals surface area (Å²) in [6, 6.07) is 13.6. The van der Waals surface area contributed by atoms with Crippen LogP contribution in [0.15, 0.2) is 48.5 Å². The van der Waals surface area contributed by atoms with E-state index < -0.39 is 0 Å². The van der Waals surface area contributed by atoms with Crippen LogP contribution in [0, 0.1) is 11.2 Å². The van der Waals surface area contributed by atoms with Crippen molar-refractivity contribution in [2.24, 2.45) is 0 Å². The summed E-state index contributed by atoms with van der Waals surface area (Å²) in [6.45, 7) is 0.148. The molecule has 0 bridgehead atoms. The molecule has 4 nitrogen and oxygen atoms in total. The van der Waals surface area contributed by atoms with Crippen LogP contribution in [-0.2, 0) is 6.42 Å². The molecule has 0 fully saturated rings. The number of imidazole rings is 1. The summed E-state index contributed by atoms with van der Waals surface area (Å²) >= 11 is 0. The molecule has 23 heavy (non-hydrogen) atoms. The van der Waals surface area contributed by atoms with Crippen LogP contribution in [0.5, 0.6) is 0 Å². The van der Waals surface area contributed by atoms with Crippen molar-refractivity contribution in [2.45, 2.75) is 19.3 Å². The number of unbranched alkanes of at least 4 members (excludes halogenated alkanes) is 1. The molecule has 0 saturated heterocycles. The van der Waals surface area contributed by atoms with Gasteiger partial charge in [0.1, 0.15) is 17.5 Å². The van der Waals surface area contributed by atoms with Gasteiger partial charge in [-0.2, -0.15) is 0 Å². The van der Waals surface area contributed by atoms with Gasteiger partial charge < -0.3 is 5.11 Å². The lowest BCUT2D eigenvalue weighted by Crippen LogP contribution is -2.15. The van der Waals surface area contributed by atoms with Gasteiger partial charge in [-0.1, -0.05) is 12.1 Å². The van der Waals surface area contributed by atoms with Gasteiger partial charge in [0.15, 0.2) is 0 Å². The predicted molar refractivity (Wildman–Crippen MR) is 88.4 cm³/mol. The Kier molecular flexibility index (Phi) is 4.48. The highest BCUT2D eigenvalue weighted by molar-refractivity contribution is 6.03. The van der Waals surface area contributed by atoms with Crippen LogP contribution in [0.1, 0.15) is 24.2 Å². The third kappa shape index (κ3) is 3.14. The SMILES string of the molecule is N=C(c1ccc(F)cc1)n1c(CCCCO)nc2ccccc21. The van der Waals surface area contributed by atoms with Gasteiger partial charge in [0.05, 0.1) is 11.0 Å². The van der Waals surface area contributed by atoms with Crippen LogP contribution in [0.4, 0.5) is 4.39 Å². The number of aromatic nitrogens is 2. The topological polar surface area (TPSA) is 61.9 Å². The third-order valence-electron chi connectivity index (χ3n) is 3.78. The fourth-order valence-corrected chi connectivity index (χ4v) is 2.62. The monoisotopic (exact) mass is 311 g/mol. The Hall–Kier alpha value is -2.53. The number of para-hydroxylation sites is 2. The summed E-state index contributed by atoms with van der Waals surface area (Å²) in [7, 11) is 0. The summed E-state index contributed by atoms with van der Waals surface area (Å²) in [5, 5.41) is 17.5. The van der Waals surface area contributed by atoms with Crippen molar-refractivity contribution in [1.82, 2.24) is 9.55 Å². The quantitative estimate of drug-likeness (QED) is 0.431. The van der Waals surface area contributed by atoms with Gasteiger partial charge >= 0.3 is 0 Å². The minimum Gasteiger partial charge on any atom is -0.396 e. The zero-order valence-corrected chi connectivity index (χ0v) is 12.7. The zero-order chi connectivity index (χ0) is 16.2. The minimum atomic E-state index is -0.319. The Balaban J connectivity index is 2.04. The molecule has 0 spiro atoms. The van der Waals surface area contributed by atoms with Crippen molar-refractivity contribution in [1.29, 1.82) is 5.41 Å². The number of halogens is 1. The highest BCUT2D eigenvalue weighted by Crippen LogP contribution is 2.19. The van der Waals surface area contributed by atoms with E-state index in [0.717, 1.165) is 23.3 Å². The molecular formula is C18H18FN3O. The van der Waals surface area contributed by atoms with Crippen LogP contribution in [0.2, 0.25) is 0 Å². The molecule has 3 rings (SSSR count). The lowest BCUT2D eigenvalue weighted by molar-refractivity contribution is 0.284. The Morgan fingerprint density at radius 1 is 1.09 bits per heavy atom. The molecule has 2 aromatic carbocycles. The van der Waals surface area contributed by atoms with E-state index in [0.29, 0.717) is 18.4 Å². The molecule has 0 unspecified atom stereocenters. The highest BCUT2D eigenvalue weighted by Gasteiger charge is 2.15. The van der Waals surface area contributed by atoms with Gasteiger partial charge in [-0.15, -0.1) is 0 Å².